The lowest BCUT2D eigenvalue weighted by atomic mass is 10.2. The van der Waals surface area contributed by atoms with Crippen LogP contribution in [0.4, 0.5) is 11.6 Å². The standard InChI is InChI=1S/C9H8N2O2/c10-5-1-2-8-6(3-5)7(12)4-9(11)13-8/h1-4H,10-11H2. The highest BCUT2D eigenvalue weighted by Gasteiger charge is 2.01. The van der Waals surface area contributed by atoms with Crippen LogP contribution in [0.25, 0.3) is 11.0 Å². The molecule has 0 radical (unpaired) electrons. The molecule has 0 fully saturated rings. The first kappa shape index (κ1) is 7.67. The van der Waals surface area contributed by atoms with Gasteiger partial charge in [0.2, 0.25) is 0 Å². The Kier molecular flexibility index (Phi) is 1.48. The predicted octanol–water partition coefficient (Wildman–Crippen LogP) is 0.957. The summed E-state index contributed by atoms with van der Waals surface area (Å²) in [5.74, 6) is 0.113. The van der Waals surface area contributed by atoms with Crippen molar-refractivity contribution >= 4 is 22.5 Å². The molecule has 0 unspecified atom stereocenters. The molecule has 4 heteroatoms. The molecular formula is C9H8N2O2. The Balaban J connectivity index is 2.95. The van der Waals surface area contributed by atoms with Crippen molar-refractivity contribution < 1.29 is 4.42 Å². The molecule has 4 nitrogen and oxygen atoms in total. The highest BCUT2D eigenvalue weighted by Crippen LogP contribution is 2.15. The molecule has 0 atom stereocenters. The minimum Gasteiger partial charge on any atom is -0.441 e. The lowest BCUT2D eigenvalue weighted by Gasteiger charge is -1.98. The third-order valence-corrected chi connectivity index (χ3v) is 1.77. The summed E-state index contributed by atoms with van der Waals surface area (Å²) in [7, 11) is 0. The number of fused-ring (bicyclic) bond motifs is 1. The van der Waals surface area contributed by atoms with E-state index in [0.29, 0.717) is 16.7 Å². The van der Waals surface area contributed by atoms with E-state index in [1.54, 1.807) is 18.2 Å². The van der Waals surface area contributed by atoms with Gasteiger partial charge in [0, 0.05) is 11.8 Å². The Morgan fingerprint density at radius 3 is 2.69 bits per heavy atom. The second kappa shape index (κ2) is 2.52. The van der Waals surface area contributed by atoms with Gasteiger partial charge in [-0.2, -0.15) is 0 Å². The Hall–Kier alpha value is -1.97. The Labute approximate surface area is 73.8 Å². The lowest BCUT2D eigenvalue weighted by Crippen LogP contribution is -2.02. The van der Waals surface area contributed by atoms with E-state index >= 15 is 0 Å². The molecule has 2 aromatic rings. The molecule has 4 N–H and O–H groups in total. The van der Waals surface area contributed by atoms with Crippen LogP contribution >= 0.6 is 0 Å². The van der Waals surface area contributed by atoms with Crippen LogP contribution in [0.15, 0.2) is 33.5 Å². The number of nitrogen functional groups attached to an aromatic ring is 2. The van der Waals surface area contributed by atoms with Gasteiger partial charge in [0.1, 0.15) is 5.58 Å². The average molecular weight is 176 g/mol. The van der Waals surface area contributed by atoms with Crippen molar-refractivity contribution in [3.05, 3.63) is 34.5 Å². The van der Waals surface area contributed by atoms with Crippen LogP contribution in [-0.4, -0.2) is 0 Å². The number of hydrogen-bond donors (Lipinski definition) is 2. The van der Waals surface area contributed by atoms with Crippen LogP contribution in [0.5, 0.6) is 0 Å². The Bertz CT molecular complexity index is 516. The molecule has 0 aliphatic rings. The molecule has 1 aromatic heterocycles. The summed E-state index contributed by atoms with van der Waals surface area (Å²) in [6.45, 7) is 0. The van der Waals surface area contributed by atoms with Gasteiger partial charge in [0.25, 0.3) is 0 Å². The van der Waals surface area contributed by atoms with Crippen LogP contribution in [-0.2, 0) is 0 Å². The molecule has 0 spiro atoms. The topological polar surface area (TPSA) is 82.2 Å². The fraction of sp³-hybridized carbons (Fsp3) is 0. The molecule has 1 heterocycles. The molecule has 1 aromatic carbocycles. The number of nitrogens with two attached hydrogens (primary N) is 2. The molecule has 0 amide bonds. The van der Waals surface area contributed by atoms with Crippen molar-refractivity contribution in [3.8, 4) is 0 Å². The third kappa shape index (κ3) is 1.22. The van der Waals surface area contributed by atoms with E-state index in [4.69, 9.17) is 15.9 Å². The van der Waals surface area contributed by atoms with Crippen LogP contribution in [0.1, 0.15) is 0 Å². The molecule has 0 bridgehead atoms. The quantitative estimate of drug-likeness (QED) is 0.585. The average Bonchev–Trinajstić information content (AvgIpc) is 2.06. The fourth-order valence-electron chi connectivity index (χ4n) is 1.19. The predicted molar refractivity (Wildman–Crippen MR) is 51.3 cm³/mol. The maximum atomic E-state index is 11.4. The van der Waals surface area contributed by atoms with Gasteiger partial charge in [-0.3, -0.25) is 4.79 Å². The Morgan fingerprint density at radius 1 is 1.15 bits per heavy atom. The van der Waals surface area contributed by atoms with Crippen molar-refractivity contribution in [1.82, 2.24) is 0 Å². The Morgan fingerprint density at radius 2 is 1.92 bits per heavy atom. The van der Waals surface area contributed by atoms with Crippen molar-refractivity contribution in [2.24, 2.45) is 0 Å². The summed E-state index contributed by atoms with van der Waals surface area (Å²) in [4.78, 5) is 11.4. The van der Waals surface area contributed by atoms with Gasteiger partial charge in [-0.25, -0.2) is 0 Å². The van der Waals surface area contributed by atoms with Crippen LogP contribution < -0.4 is 16.9 Å². The fourth-order valence-corrected chi connectivity index (χ4v) is 1.19. The molecular weight excluding hydrogens is 168 g/mol. The van der Waals surface area contributed by atoms with Gasteiger partial charge < -0.3 is 15.9 Å². The minimum absolute atomic E-state index is 0.113. The summed E-state index contributed by atoms with van der Waals surface area (Å²) in [5.41, 5.74) is 11.7. The van der Waals surface area contributed by atoms with Gasteiger partial charge in [0.15, 0.2) is 11.3 Å². The normalized spacial score (nSPS) is 10.5. The van der Waals surface area contributed by atoms with Gasteiger partial charge in [-0.15, -0.1) is 0 Å². The van der Waals surface area contributed by atoms with Gasteiger partial charge in [-0.1, -0.05) is 0 Å². The zero-order valence-electron chi connectivity index (χ0n) is 6.78. The smallest absolute Gasteiger partial charge is 0.194 e. The highest BCUT2D eigenvalue weighted by atomic mass is 16.3. The summed E-state index contributed by atoms with van der Waals surface area (Å²) in [6.07, 6.45) is 0. The van der Waals surface area contributed by atoms with E-state index in [1.807, 2.05) is 0 Å². The molecule has 66 valence electrons. The van der Waals surface area contributed by atoms with Gasteiger partial charge in [-0.05, 0) is 18.2 Å². The first-order chi connectivity index (χ1) is 6.16. The van der Waals surface area contributed by atoms with E-state index in [-0.39, 0.29) is 11.3 Å². The van der Waals surface area contributed by atoms with Crippen molar-refractivity contribution in [2.75, 3.05) is 11.5 Å². The lowest BCUT2D eigenvalue weighted by molar-refractivity contribution is 0.625. The van der Waals surface area contributed by atoms with Gasteiger partial charge >= 0.3 is 0 Å². The van der Waals surface area contributed by atoms with E-state index in [0.717, 1.165) is 0 Å². The van der Waals surface area contributed by atoms with Crippen molar-refractivity contribution in [2.45, 2.75) is 0 Å². The maximum absolute atomic E-state index is 11.4. The second-order valence-corrected chi connectivity index (χ2v) is 2.77. The highest BCUT2D eigenvalue weighted by molar-refractivity contribution is 5.80. The zero-order chi connectivity index (χ0) is 9.42. The van der Waals surface area contributed by atoms with Crippen LogP contribution in [0.3, 0.4) is 0 Å². The molecule has 13 heavy (non-hydrogen) atoms. The number of hydrogen-bond acceptors (Lipinski definition) is 4. The maximum Gasteiger partial charge on any atom is 0.194 e. The molecule has 0 saturated carbocycles. The monoisotopic (exact) mass is 176 g/mol. The molecule has 0 aliphatic carbocycles. The van der Waals surface area contributed by atoms with E-state index in [1.165, 1.54) is 6.07 Å². The summed E-state index contributed by atoms with van der Waals surface area (Å²) in [6, 6.07) is 6.09. The molecule has 2 rings (SSSR count). The van der Waals surface area contributed by atoms with Crippen molar-refractivity contribution in [3.63, 3.8) is 0 Å². The second-order valence-electron chi connectivity index (χ2n) is 2.77. The summed E-state index contributed by atoms with van der Waals surface area (Å²) >= 11 is 0. The molecule has 0 saturated heterocycles. The number of rotatable bonds is 0. The van der Waals surface area contributed by atoms with Crippen LogP contribution in [0.2, 0.25) is 0 Å². The van der Waals surface area contributed by atoms with Crippen molar-refractivity contribution in [1.29, 1.82) is 0 Å². The first-order valence-corrected chi connectivity index (χ1v) is 3.76. The third-order valence-electron chi connectivity index (χ3n) is 1.77. The van der Waals surface area contributed by atoms with E-state index in [9.17, 15) is 4.79 Å². The molecule has 0 aliphatic heterocycles. The summed E-state index contributed by atoms with van der Waals surface area (Å²) < 4.78 is 5.12. The first-order valence-electron chi connectivity index (χ1n) is 3.76. The number of benzene rings is 1. The van der Waals surface area contributed by atoms with Crippen LogP contribution in [0, 0.1) is 0 Å². The minimum atomic E-state index is -0.175. The zero-order valence-corrected chi connectivity index (χ0v) is 6.78. The van der Waals surface area contributed by atoms with E-state index < -0.39 is 0 Å². The SMILES string of the molecule is Nc1ccc2oc(N)cc(=O)c2c1. The van der Waals surface area contributed by atoms with E-state index in [2.05, 4.69) is 0 Å². The largest absolute Gasteiger partial charge is 0.441 e. The summed E-state index contributed by atoms with van der Waals surface area (Å²) in [5, 5.41) is 0.453. The van der Waals surface area contributed by atoms with Gasteiger partial charge in [0.05, 0.1) is 5.39 Å². The number of anilines is 2.